The van der Waals surface area contributed by atoms with Crippen LogP contribution in [0, 0.1) is 17.6 Å². The minimum atomic E-state index is -1.02. The van der Waals surface area contributed by atoms with Gasteiger partial charge in [-0.05, 0) is 74.4 Å². The van der Waals surface area contributed by atoms with Crippen molar-refractivity contribution in [3.63, 3.8) is 0 Å². The molecule has 12 nitrogen and oxygen atoms in total. The van der Waals surface area contributed by atoms with Crippen molar-refractivity contribution in [1.29, 1.82) is 0 Å². The van der Waals surface area contributed by atoms with Crippen molar-refractivity contribution in [3.8, 4) is 11.4 Å². The Kier molecular flexibility index (Phi) is 9.87. The van der Waals surface area contributed by atoms with Gasteiger partial charge >= 0.3 is 5.69 Å². The summed E-state index contributed by atoms with van der Waals surface area (Å²) in [4.78, 5) is 21.7. The Bertz CT molecular complexity index is 1960. The molecule has 268 valence electrons. The predicted molar refractivity (Wildman–Crippen MR) is 187 cm³/mol. The molecule has 2 aliphatic heterocycles. The van der Waals surface area contributed by atoms with Gasteiger partial charge in [0.2, 0.25) is 0 Å². The molecule has 3 aromatic carbocycles. The lowest BCUT2D eigenvalue weighted by atomic mass is 9.87. The van der Waals surface area contributed by atoms with Gasteiger partial charge in [-0.3, -0.25) is 0 Å². The second kappa shape index (κ2) is 14.6. The summed E-state index contributed by atoms with van der Waals surface area (Å²) in [7, 11) is 0. The lowest BCUT2D eigenvalue weighted by Crippen LogP contribution is -2.46. The summed E-state index contributed by atoms with van der Waals surface area (Å²) in [5.41, 5.74) is 1.93. The molecule has 1 N–H and O–H groups in total. The fraction of sp³-hybridized carbons (Fsp3) is 0.405. The fourth-order valence-corrected chi connectivity index (χ4v) is 7.24. The van der Waals surface area contributed by atoms with Crippen LogP contribution >= 0.6 is 0 Å². The number of rotatable bonds is 12. The molecule has 14 heteroatoms. The Morgan fingerprint density at radius 2 is 1.61 bits per heavy atom. The number of ether oxygens (including phenoxy) is 2. The van der Waals surface area contributed by atoms with Crippen molar-refractivity contribution in [1.82, 2.24) is 29.1 Å². The highest BCUT2D eigenvalue weighted by Gasteiger charge is 2.44. The molecule has 0 aliphatic carbocycles. The molecule has 4 heterocycles. The van der Waals surface area contributed by atoms with Crippen molar-refractivity contribution in [2.45, 2.75) is 51.0 Å². The zero-order chi connectivity index (χ0) is 35.5. The summed E-state index contributed by atoms with van der Waals surface area (Å²) in [5, 5.41) is 18.5. The van der Waals surface area contributed by atoms with Crippen LogP contribution in [-0.2, 0) is 16.9 Å². The molecule has 0 bridgehead atoms. The van der Waals surface area contributed by atoms with Gasteiger partial charge < -0.3 is 24.4 Å². The van der Waals surface area contributed by atoms with Gasteiger partial charge in [0.1, 0.15) is 42.0 Å². The first-order chi connectivity index (χ1) is 24.7. The Balaban J connectivity index is 0.923. The van der Waals surface area contributed by atoms with Crippen molar-refractivity contribution in [2.24, 2.45) is 5.92 Å². The normalized spacial score (nSPS) is 20.5. The number of aliphatic hydroxyl groups excluding tert-OH is 1. The van der Waals surface area contributed by atoms with Crippen LogP contribution in [0.15, 0.2) is 90.5 Å². The number of benzene rings is 3. The molecule has 4 atom stereocenters. The van der Waals surface area contributed by atoms with Crippen LogP contribution < -0.4 is 20.2 Å². The van der Waals surface area contributed by atoms with Gasteiger partial charge in [-0.25, -0.2) is 32.5 Å². The molecule has 2 aromatic heterocycles. The first-order valence-corrected chi connectivity index (χ1v) is 17.3. The molecule has 2 unspecified atom stereocenters. The smallest absolute Gasteiger partial charge is 0.350 e. The number of aliphatic hydroxyl groups is 1. The third-order valence-corrected chi connectivity index (χ3v) is 9.96. The Morgan fingerprint density at radius 1 is 0.941 bits per heavy atom. The number of halogens is 2. The van der Waals surface area contributed by atoms with E-state index in [4.69, 9.17) is 9.47 Å². The third kappa shape index (κ3) is 7.24. The number of anilines is 2. The van der Waals surface area contributed by atoms with Crippen molar-refractivity contribution in [2.75, 3.05) is 49.2 Å². The SMILES string of the molecule is CC[C@@H]([C@H](C)O)n1ncn(-c2ccc(N3CCN(c4ccc(OCC5COC(Cn6cncn6)(c6ccc(F)cc6F)C5)cc4)CC3)cc2)c1=O. The second-order valence-corrected chi connectivity index (χ2v) is 13.3. The summed E-state index contributed by atoms with van der Waals surface area (Å²) >= 11 is 0. The molecule has 0 saturated carbocycles. The van der Waals surface area contributed by atoms with Gasteiger partial charge in [0.25, 0.3) is 0 Å². The minimum Gasteiger partial charge on any atom is -0.493 e. The van der Waals surface area contributed by atoms with Crippen LogP contribution in [0.5, 0.6) is 5.75 Å². The lowest BCUT2D eigenvalue weighted by Gasteiger charge is -2.37. The highest BCUT2D eigenvalue weighted by Crippen LogP contribution is 2.42. The van der Waals surface area contributed by atoms with Crippen LogP contribution in [0.3, 0.4) is 0 Å². The van der Waals surface area contributed by atoms with E-state index in [1.54, 1.807) is 17.9 Å². The van der Waals surface area contributed by atoms with Crippen LogP contribution in [0.2, 0.25) is 0 Å². The summed E-state index contributed by atoms with van der Waals surface area (Å²) in [6.45, 7) is 7.97. The van der Waals surface area contributed by atoms with Crippen molar-refractivity contribution in [3.05, 3.63) is 113 Å². The van der Waals surface area contributed by atoms with Crippen LogP contribution in [-0.4, -0.2) is 79.7 Å². The van der Waals surface area contributed by atoms with E-state index in [9.17, 15) is 18.7 Å². The van der Waals surface area contributed by atoms with E-state index in [1.807, 2.05) is 43.3 Å². The summed E-state index contributed by atoms with van der Waals surface area (Å²) in [6.07, 6.45) is 4.88. The molecule has 0 spiro atoms. The second-order valence-electron chi connectivity index (χ2n) is 13.3. The molecular formula is C37H42F2N8O4. The molecule has 5 aromatic rings. The Hall–Kier alpha value is -5.08. The van der Waals surface area contributed by atoms with Gasteiger partial charge in [-0.1, -0.05) is 13.0 Å². The largest absolute Gasteiger partial charge is 0.493 e. The highest BCUT2D eigenvalue weighted by molar-refractivity contribution is 5.54. The van der Waals surface area contributed by atoms with Gasteiger partial charge in [0, 0.05) is 55.1 Å². The van der Waals surface area contributed by atoms with Crippen molar-refractivity contribution < 1.29 is 23.4 Å². The molecule has 51 heavy (non-hydrogen) atoms. The van der Waals surface area contributed by atoms with Crippen LogP contribution in [0.1, 0.15) is 38.3 Å². The van der Waals surface area contributed by atoms with Gasteiger partial charge in [-0.15, -0.1) is 0 Å². The van der Waals surface area contributed by atoms with Gasteiger partial charge in [0.15, 0.2) is 0 Å². The molecule has 2 aliphatic rings. The zero-order valence-electron chi connectivity index (χ0n) is 28.7. The number of hydrogen-bond acceptors (Lipinski definition) is 9. The topological polar surface area (TPSA) is 116 Å². The lowest BCUT2D eigenvalue weighted by molar-refractivity contribution is -0.0206. The average molecular weight is 701 g/mol. The quantitative estimate of drug-likeness (QED) is 0.200. The van der Waals surface area contributed by atoms with Gasteiger partial charge in [-0.2, -0.15) is 10.2 Å². The fourth-order valence-electron chi connectivity index (χ4n) is 7.24. The monoisotopic (exact) mass is 700 g/mol. The molecule has 0 radical (unpaired) electrons. The standard InChI is InChI=1S/C37H42F2N8O4/c1-3-35(26(2)48)47-36(49)46(25-42-47)31-7-5-29(6-8-31)43-14-16-44(17-15-43)30-9-11-32(12-10-30)50-20-27-19-37(51-21-27,22-45-24-40-23-41-45)33-13-4-28(38)18-34(33)39/h4-13,18,23-27,35,48H,3,14-17,19-22H2,1-2H3/t26-,27?,35-,37?/m0/s1. The highest BCUT2D eigenvalue weighted by atomic mass is 19.1. The van der Waals surface area contributed by atoms with E-state index in [1.165, 1.54) is 34.0 Å². The summed E-state index contributed by atoms with van der Waals surface area (Å²) in [5.74, 6) is -0.563. The first kappa shape index (κ1) is 34.4. The predicted octanol–water partition coefficient (Wildman–Crippen LogP) is 4.57. The average Bonchev–Trinajstić information content (AvgIpc) is 3.90. The van der Waals surface area contributed by atoms with E-state index < -0.39 is 23.3 Å². The van der Waals surface area contributed by atoms with Crippen molar-refractivity contribution >= 4 is 11.4 Å². The van der Waals surface area contributed by atoms with Gasteiger partial charge in [0.05, 0.1) is 37.6 Å². The summed E-state index contributed by atoms with van der Waals surface area (Å²) in [6, 6.07) is 19.2. The number of aromatic nitrogens is 6. The molecule has 2 fully saturated rings. The number of piperazine rings is 1. The van der Waals surface area contributed by atoms with E-state index in [2.05, 4.69) is 37.1 Å². The minimum absolute atomic E-state index is 0.0121. The van der Waals surface area contributed by atoms with Crippen LogP contribution in [0.4, 0.5) is 20.2 Å². The Labute approximate surface area is 294 Å². The maximum atomic E-state index is 15.0. The molecule has 7 rings (SSSR count). The molecule has 2 saturated heterocycles. The summed E-state index contributed by atoms with van der Waals surface area (Å²) < 4.78 is 45.6. The van der Waals surface area contributed by atoms with E-state index in [0.29, 0.717) is 31.6 Å². The third-order valence-electron chi connectivity index (χ3n) is 9.96. The number of nitrogens with zero attached hydrogens (tertiary/aromatic N) is 8. The number of hydrogen-bond donors (Lipinski definition) is 1. The first-order valence-electron chi connectivity index (χ1n) is 17.3. The van der Waals surface area contributed by atoms with E-state index in [-0.39, 0.29) is 24.2 Å². The maximum absolute atomic E-state index is 15.0. The Morgan fingerprint density at radius 3 is 2.22 bits per heavy atom. The molecule has 0 amide bonds. The van der Waals surface area contributed by atoms with Crippen LogP contribution in [0.25, 0.3) is 5.69 Å². The zero-order valence-corrected chi connectivity index (χ0v) is 28.7. The van der Waals surface area contributed by atoms with E-state index in [0.717, 1.165) is 55.1 Å². The van der Waals surface area contributed by atoms with E-state index >= 15 is 0 Å². The molecular weight excluding hydrogens is 658 g/mol. The maximum Gasteiger partial charge on any atom is 0.350 e.